The second-order valence-corrected chi connectivity index (χ2v) is 13.9. The number of carboxylic acid groups (broad SMARTS) is 1. The highest BCUT2D eigenvalue weighted by Gasteiger charge is 2.27. The summed E-state index contributed by atoms with van der Waals surface area (Å²) in [6, 6.07) is 4.14. The molecule has 1 rings (SSSR count). The molecule has 1 aromatic rings. The van der Waals surface area contributed by atoms with Gasteiger partial charge in [-0.05, 0) is 40.4 Å². The highest BCUT2D eigenvalue weighted by molar-refractivity contribution is 5.70. The van der Waals surface area contributed by atoms with Crippen LogP contribution in [0.25, 0.3) is 0 Å². The Labute approximate surface area is 236 Å². The van der Waals surface area contributed by atoms with E-state index in [-0.39, 0.29) is 16.6 Å². The predicted octanol–water partition coefficient (Wildman–Crippen LogP) is 10.9. The number of hydrogen-bond donors (Lipinski definition) is 2. The van der Waals surface area contributed by atoms with Crippen molar-refractivity contribution < 1.29 is 15.0 Å². The zero-order chi connectivity index (χ0) is 28.6. The van der Waals surface area contributed by atoms with Crippen molar-refractivity contribution in [2.75, 3.05) is 0 Å². The summed E-state index contributed by atoms with van der Waals surface area (Å²) in [5, 5.41) is 21.0. The van der Waals surface area contributed by atoms with E-state index in [1.165, 1.54) is 89.9 Å². The van der Waals surface area contributed by atoms with Crippen LogP contribution in [0, 0.1) is 5.92 Å². The SMILES string of the molecule is CCCCCCCCCCCCCCCCCCC(Cc1cc(C(C)(C)C)cc(C(C)(C)C)c1O)C(=O)O. The molecule has 0 fully saturated rings. The highest BCUT2D eigenvalue weighted by Crippen LogP contribution is 2.39. The number of phenolic OH excluding ortho intramolecular Hbond substituents is 1. The fraction of sp³-hybridized carbons (Fsp3) is 0.800. The summed E-state index contributed by atoms with van der Waals surface area (Å²) in [5.41, 5.74) is 2.58. The minimum atomic E-state index is -0.746. The third kappa shape index (κ3) is 14.0. The Kier molecular flexibility index (Phi) is 16.3. The molecule has 3 heteroatoms. The van der Waals surface area contributed by atoms with Crippen LogP contribution in [0.5, 0.6) is 5.75 Å². The maximum Gasteiger partial charge on any atom is 0.306 e. The number of aromatic hydroxyl groups is 1. The molecule has 0 aromatic heterocycles. The molecule has 220 valence electrons. The molecular weight excluding hydrogens is 468 g/mol. The Hall–Kier alpha value is -1.51. The Morgan fingerprint density at radius 1 is 0.684 bits per heavy atom. The normalized spacial score (nSPS) is 13.1. The van der Waals surface area contributed by atoms with Crippen LogP contribution >= 0.6 is 0 Å². The van der Waals surface area contributed by atoms with E-state index in [4.69, 9.17) is 0 Å². The molecule has 0 aliphatic carbocycles. The molecule has 0 saturated heterocycles. The topological polar surface area (TPSA) is 57.5 Å². The predicted molar refractivity (Wildman–Crippen MR) is 164 cm³/mol. The zero-order valence-corrected chi connectivity index (χ0v) is 26.3. The van der Waals surface area contributed by atoms with Gasteiger partial charge in [-0.3, -0.25) is 4.79 Å². The van der Waals surface area contributed by atoms with Gasteiger partial charge in [0.2, 0.25) is 0 Å². The van der Waals surface area contributed by atoms with Gasteiger partial charge >= 0.3 is 5.97 Å². The smallest absolute Gasteiger partial charge is 0.306 e. The number of carbonyl (C=O) groups is 1. The van der Waals surface area contributed by atoms with E-state index in [0.717, 1.165) is 29.5 Å². The molecule has 1 unspecified atom stereocenters. The van der Waals surface area contributed by atoms with Gasteiger partial charge in [-0.2, -0.15) is 0 Å². The Morgan fingerprint density at radius 3 is 1.47 bits per heavy atom. The lowest BCUT2D eigenvalue weighted by atomic mass is 9.77. The molecule has 0 amide bonds. The summed E-state index contributed by atoms with van der Waals surface area (Å²) in [4.78, 5) is 12.1. The minimum absolute atomic E-state index is 0.0605. The van der Waals surface area contributed by atoms with Crippen LogP contribution in [0.2, 0.25) is 0 Å². The van der Waals surface area contributed by atoms with E-state index >= 15 is 0 Å². The van der Waals surface area contributed by atoms with Gasteiger partial charge in [-0.25, -0.2) is 0 Å². The molecule has 2 N–H and O–H groups in total. The van der Waals surface area contributed by atoms with Crippen LogP contribution in [-0.2, 0) is 22.0 Å². The summed E-state index contributed by atoms with van der Waals surface area (Å²) in [6.07, 6.45) is 22.2. The van der Waals surface area contributed by atoms with E-state index in [0.29, 0.717) is 12.8 Å². The van der Waals surface area contributed by atoms with E-state index in [9.17, 15) is 15.0 Å². The molecule has 0 heterocycles. The molecule has 0 bridgehead atoms. The zero-order valence-electron chi connectivity index (χ0n) is 26.3. The lowest BCUT2D eigenvalue weighted by Crippen LogP contribution is -2.20. The van der Waals surface area contributed by atoms with Crippen LogP contribution in [0.3, 0.4) is 0 Å². The average Bonchev–Trinajstić information content (AvgIpc) is 2.82. The molecule has 0 aliphatic rings. The fourth-order valence-corrected chi connectivity index (χ4v) is 5.37. The quantitative estimate of drug-likeness (QED) is 0.165. The van der Waals surface area contributed by atoms with E-state index in [1.54, 1.807) is 0 Å². The van der Waals surface area contributed by atoms with Crippen molar-refractivity contribution >= 4 is 5.97 Å². The second-order valence-electron chi connectivity index (χ2n) is 13.9. The van der Waals surface area contributed by atoms with Gasteiger partial charge in [0.1, 0.15) is 5.75 Å². The van der Waals surface area contributed by atoms with E-state index in [2.05, 4.69) is 54.5 Å². The van der Waals surface area contributed by atoms with E-state index < -0.39 is 11.9 Å². The number of aliphatic carboxylic acids is 1. The van der Waals surface area contributed by atoms with Gasteiger partial charge in [0.25, 0.3) is 0 Å². The molecule has 1 atom stereocenters. The van der Waals surface area contributed by atoms with Crippen molar-refractivity contribution in [3.8, 4) is 5.75 Å². The summed E-state index contributed by atoms with van der Waals surface area (Å²) >= 11 is 0. The van der Waals surface area contributed by atoms with Crippen molar-refractivity contribution in [3.05, 3.63) is 28.8 Å². The fourth-order valence-electron chi connectivity index (χ4n) is 5.37. The van der Waals surface area contributed by atoms with Crippen molar-refractivity contribution in [2.45, 2.75) is 175 Å². The molecule has 0 aliphatic heterocycles. The Balaban J connectivity index is 2.36. The molecule has 38 heavy (non-hydrogen) atoms. The first-order valence-electron chi connectivity index (χ1n) is 16.0. The first-order chi connectivity index (χ1) is 17.9. The van der Waals surface area contributed by atoms with Gasteiger partial charge in [0, 0.05) is 0 Å². The van der Waals surface area contributed by atoms with Crippen LogP contribution in [-0.4, -0.2) is 16.2 Å². The van der Waals surface area contributed by atoms with Crippen LogP contribution in [0.4, 0.5) is 0 Å². The lowest BCUT2D eigenvalue weighted by molar-refractivity contribution is -0.142. The highest BCUT2D eigenvalue weighted by atomic mass is 16.4. The summed E-state index contributed by atoms with van der Waals surface area (Å²) in [6.45, 7) is 15.1. The lowest BCUT2D eigenvalue weighted by Gasteiger charge is -2.28. The standard InChI is InChI=1S/C35H62O3/c1-8-9-10-11-12-13-14-15-16-17-18-19-20-21-22-23-24-28(33(37)38)25-29-26-30(34(2,3)4)27-31(32(29)36)35(5,6)7/h26-28,36H,8-25H2,1-7H3,(H,37,38). The maximum atomic E-state index is 12.1. The molecule has 0 radical (unpaired) electrons. The van der Waals surface area contributed by atoms with Crippen LogP contribution in [0.1, 0.15) is 174 Å². The Bertz CT molecular complexity index is 782. The van der Waals surface area contributed by atoms with Gasteiger partial charge in [0.05, 0.1) is 5.92 Å². The molecule has 0 saturated carbocycles. The van der Waals surface area contributed by atoms with Gasteiger partial charge in [-0.15, -0.1) is 0 Å². The first kappa shape index (κ1) is 34.5. The monoisotopic (exact) mass is 530 g/mol. The van der Waals surface area contributed by atoms with Crippen LogP contribution in [0.15, 0.2) is 12.1 Å². The summed E-state index contributed by atoms with van der Waals surface area (Å²) in [5.74, 6) is -0.914. The molecule has 0 spiro atoms. The van der Waals surface area contributed by atoms with Gasteiger partial charge in [0.15, 0.2) is 0 Å². The van der Waals surface area contributed by atoms with Gasteiger partial charge < -0.3 is 10.2 Å². The van der Waals surface area contributed by atoms with Crippen LogP contribution < -0.4 is 0 Å². The maximum absolute atomic E-state index is 12.1. The molecule has 1 aromatic carbocycles. The summed E-state index contributed by atoms with van der Waals surface area (Å²) < 4.78 is 0. The number of phenols is 1. The van der Waals surface area contributed by atoms with Crippen molar-refractivity contribution in [1.82, 2.24) is 0 Å². The number of unbranched alkanes of at least 4 members (excludes halogenated alkanes) is 15. The number of rotatable bonds is 20. The summed E-state index contributed by atoms with van der Waals surface area (Å²) in [7, 11) is 0. The third-order valence-electron chi connectivity index (χ3n) is 8.08. The number of carboxylic acids is 1. The molecule has 3 nitrogen and oxygen atoms in total. The Morgan fingerprint density at radius 2 is 1.11 bits per heavy atom. The van der Waals surface area contributed by atoms with E-state index in [1.807, 2.05) is 6.07 Å². The van der Waals surface area contributed by atoms with Crippen molar-refractivity contribution in [3.63, 3.8) is 0 Å². The van der Waals surface area contributed by atoms with Gasteiger partial charge in [-0.1, -0.05) is 163 Å². The third-order valence-corrected chi connectivity index (χ3v) is 8.08. The molecular formula is C35H62O3. The first-order valence-corrected chi connectivity index (χ1v) is 16.0. The average molecular weight is 531 g/mol. The number of benzene rings is 1. The van der Waals surface area contributed by atoms with Crippen molar-refractivity contribution in [1.29, 1.82) is 0 Å². The minimum Gasteiger partial charge on any atom is -0.507 e. The second kappa shape index (κ2) is 18.0. The largest absolute Gasteiger partial charge is 0.507 e. The number of hydrogen-bond acceptors (Lipinski definition) is 2. The van der Waals surface area contributed by atoms with Crippen molar-refractivity contribution in [2.24, 2.45) is 5.92 Å².